The van der Waals surface area contributed by atoms with Crippen molar-refractivity contribution in [2.24, 2.45) is 0 Å². The van der Waals surface area contributed by atoms with Gasteiger partial charge in [-0.15, -0.1) is 0 Å². The molecule has 2 atom stereocenters. The van der Waals surface area contributed by atoms with Crippen LogP contribution >= 0.6 is 0 Å². The van der Waals surface area contributed by atoms with Gasteiger partial charge in [-0.05, 0) is 48.1 Å². The van der Waals surface area contributed by atoms with Crippen LogP contribution in [-0.4, -0.2) is 29.8 Å². The van der Waals surface area contributed by atoms with Crippen LogP contribution < -0.4 is 16.0 Å². The van der Waals surface area contributed by atoms with Gasteiger partial charge in [0.2, 0.25) is 0 Å². The monoisotopic (exact) mass is 353 g/mol. The molecule has 2 aromatic carbocycles. The molecular formula is C21H27N3O2. The molecule has 0 fully saturated rings. The molecule has 2 amide bonds. The molecule has 1 heterocycles. The number of benzene rings is 2. The molecule has 0 radical (unpaired) electrons. The van der Waals surface area contributed by atoms with Crippen molar-refractivity contribution in [3.8, 4) is 5.75 Å². The van der Waals surface area contributed by atoms with Crippen LogP contribution in [0.15, 0.2) is 48.5 Å². The molecule has 0 unspecified atom stereocenters. The molecule has 26 heavy (non-hydrogen) atoms. The van der Waals surface area contributed by atoms with E-state index in [-0.39, 0.29) is 18.1 Å². The van der Waals surface area contributed by atoms with Crippen LogP contribution in [0.1, 0.15) is 30.0 Å². The van der Waals surface area contributed by atoms with Crippen LogP contribution in [0.4, 0.5) is 4.79 Å². The highest BCUT2D eigenvalue weighted by molar-refractivity contribution is 5.74. The number of carbonyl (C=O) groups excluding carboxylic acids is 1. The van der Waals surface area contributed by atoms with Crippen molar-refractivity contribution in [1.29, 1.82) is 0 Å². The summed E-state index contributed by atoms with van der Waals surface area (Å²) in [7, 11) is 0. The van der Waals surface area contributed by atoms with Crippen molar-refractivity contribution >= 4 is 6.03 Å². The van der Waals surface area contributed by atoms with Crippen molar-refractivity contribution < 1.29 is 9.90 Å². The highest BCUT2D eigenvalue weighted by Gasteiger charge is 2.19. The molecule has 1 aliphatic heterocycles. The van der Waals surface area contributed by atoms with E-state index in [0.29, 0.717) is 18.8 Å². The zero-order valence-corrected chi connectivity index (χ0v) is 15.2. The second-order valence-corrected chi connectivity index (χ2v) is 6.88. The van der Waals surface area contributed by atoms with E-state index in [0.717, 1.165) is 24.8 Å². The second-order valence-electron chi connectivity index (χ2n) is 6.88. The first-order valence-corrected chi connectivity index (χ1v) is 9.26. The molecule has 138 valence electrons. The van der Waals surface area contributed by atoms with Crippen molar-refractivity contribution in [3.63, 3.8) is 0 Å². The molecule has 1 aliphatic rings. The Kier molecular flexibility index (Phi) is 6.12. The molecule has 0 bridgehead atoms. The fraction of sp³-hybridized carbons (Fsp3) is 0.381. The van der Waals surface area contributed by atoms with E-state index in [1.54, 1.807) is 12.1 Å². The third-order valence-corrected chi connectivity index (χ3v) is 4.90. The van der Waals surface area contributed by atoms with Gasteiger partial charge in [-0.1, -0.05) is 43.3 Å². The van der Waals surface area contributed by atoms with Crippen LogP contribution in [0, 0.1) is 0 Å². The van der Waals surface area contributed by atoms with Gasteiger partial charge >= 0.3 is 6.03 Å². The number of phenolic OH excluding ortho intramolecular Hbond substituents is 1. The van der Waals surface area contributed by atoms with Gasteiger partial charge in [-0.25, -0.2) is 4.79 Å². The van der Waals surface area contributed by atoms with E-state index >= 15 is 0 Å². The minimum absolute atomic E-state index is 0.119. The van der Waals surface area contributed by atoms with Crippen LogP contribution in [0.5, 0.6) is 5.75 Å². The van der Waals surface area contributed by atoms with Gasteiger partial charge in [0, 0.05) is 25.2 Å². The average molecular weight is 353 g/mol. The summed E-state index contributed by atoms with van der Waals surface area (Å²) in [4.78, 5) is 12.3. The van der Waals surface area contributed by atoms with E-state index in [2.05, 4.69) is 35.0 Å². The van der Waals surface area contributed by atoms with E-state index < -0.39 is 0 Å². The maximum atomic E-state index is 12.3. The zero-order valence-electron chi connectivity index (χ0n) is 15.2. The second kappa shape index (κ2) is 8.72. The molecule has 4 N–H and O–H groups in total. The summed E-state index contributed by atoms with van der Waals surface area (Å²) in [6.45, 7) is 3.38. The Hall–Kier alpha value is -2.53. The first kappa shape index (κ1) is 18.3. The third kappa shape index (κ3) is 4.99. The lowest BCUT2D eigenvalue weighted by Crippen LogP contribution is -2.49. The SMILES string of the molecule is CC[C@@H](Cc1ccccc1)NC(=O)NC[C@@H]1Cc2ccc(O)cc2CN1. The number of aromatic hydroxyl groups is 1. The van der Waals surface area contributed by atoms with Crippen molar-refractivity contribution in [2.75, 3.05) is 6.54 Å². The van der Waals surface area contributed by atoms with Crippen LogP contribution in [0.3, 0.4) is 0 Å². The van der Waals surface area contributed by atoms with E-state index in [1.807, 2.05) is 24.3 Å². The van der Waals surface area contributed by atoms with Gasteiger partial charge in [0.1, 0.15) is 5.75 Å². The smallest absolute Gasteiger partial charge is 0.315 e. The Labute approximate surface area is 154 Å². The minimum atomic E-state index is -0.119. The standard InChI is InChI=1S/C21H27N3O2/c1-2-18(10-15-6-4-3-5-7-15)24-21(26)23-14-19-11-16-8-9-20(25)12-17(16)13-22-19/h3-9,12,18-19,22,25H,2,10-11,13-14H2,1H3,(H2,23,24,26)/t18-,19-/m0/s1. The largest absolute Gasteiger partial charge is 0.508 e. The van der Waals surface area contributed by atoms with Gasteiger partial charge in [0.15, 0.2) is 0 Å². The Morgan fingerprint density at radius 3 is 2.81 bits per heavy atom. The number of amides is 2. The quantitative estimate of drug-likeness (QED) is 0.645. The summed E-state index contributed by atoms with van der Waals surface area (Å²) >= 11 is 0. The van der Waals surface area contributed by atoms with Crippen molar-refractivity contribution in [3.05, 3.63) is 65.2 Å². The van der Waals surface area contributed by atoms with Crippen LogP contribution in [0.2, 0.25) is 0 Å². The predicted molar refractivity (Wildman–Crippen MR) is 103 cm³/mol. The van der Waals surface area contributed by atoms with Gasteiger partial charge < -0.3 is 21.1 Å². The van der Waals surface area contributed by atoms with E-state index in [4.69, 9.17) is 0 Å². The normalized spacial score (nSPS) is 17.2. The number of hydrogen-bond donors (Lipinski definition) is 4. The lowest BCUT2D eigenvalue weighted by molar-refractivity contribution is 0.234. The highest BCUT2D eigenvalue weighted by atomic mass is 16.3. The Morgan fingerprint density at radius 1 is 1.23 bits per heavy atom. The van der Waals surface area contributed by atoms with Gasteiger partial charge in [-0.2, -0.15) is 0 Å². The predicted octanol–water partition coefficient (Wildman–Crippen LogP) is 2.73. The highest BCUT2D eigenvalue weighted by Crippen LogP contribution is 2.21. The molecule has 0 saturated carbocycles. The number of rotatable bonds is 6. The maximum absolute atomic E-state index is 12.3. The lowest BCUT2D eigenvalue weighted by Gasteiger charge is -2.27. The molecule has 2 aromatic rings. The minimum Gasteiger partial charge on any atom is -0.508 e. The number of nitrogens with one attached hydrogen (secondary N) is 3. The average Bonchev–Trinajstić information content (AvgIpc) is 2.66. The molecule has 0 aromatic heterocycles. The molecule has 5 heteroatoms. The van der Waals surface area contributed by atoms with Gasteiger partial charge in [0.25, 0.3) is 0 Å². The molecule has 0 saturated heterocycles. The first-order valence-electron chi connectivity index (χ1n) is 9.26. The van der Waals surface area contributed by atoms with Crippen molar-refractivity contribution in [1.82, 2.24) is 16.0 Å². The number of phenols is 1. The third-order valence-electron chi connectivity index (χ3n) is 4.90. The topological polar surface area (TPSA) is 73.4 Å². The van der Waals surface area contributed by atoms with Crippen LogP contribution in [0.25, 0.3) is 0 Å². The van der Waals surface area contributed by atoms with Gasteiger partial charge in [-0.3, -0.25) is 0 Å². The van der Waals surface area contributed by atoms with Crippen LogP contribution in [-0.2, 0) is 19.4 Å². The molecule has 3 rings (SSSR count). The summed E-state index contributed by atoms with van der Waals surface area (Å²) in [5, 5.41) is 19.0. The summed E-state index contributed by atoms with van der Waals surface area (Å²) < 4.78 is 0. The maximum Gasteiger partial charge on any atom is 0.315 e. The summed E-state index contributed by atoms with van der Waals surface area (Å²) in [6, 6.07) is 15.9. The number of urea groups is 1. The molecule has 5 nitrogen and oxygen atoms in total. The fourth-order valence-electron chi connectivity index (χ4n) is 3.36. The Balaban J connectivity index is 1.45. The number of hydrogen-bond acceptors (Lipinski definition) is 3. The number of fused-ring (bicyclic) bond motifs is 1. The van der Waals surface area contributed by atoms with E-state index in [1.165, 1.54) is 11.1 Å². The molecular weight excluding hydrogens is 326 g/mol. The lowest BCUT2D eigenvalue weighted by atomic mass is 9.95. The summed E-state index contributed by atoms with van der Waals surface area (Å²) in [6.07, 6.45) is 2.57. The van der Waals surface area contributed by atoms with E-state index in [9.17, 15) is 9.90 Å². The summed E-state index contributed by atoms with van der Waals surface area (Å²) in [5.41, 5.74) is 3.58. The molecule has 0 aliphatic carbocycles. The Bertz CT molecular complexity index is 733. The Morgan fingerprint density at radius 2 is 2.04 bits per heavy atom. The van der Waals surface area contributed by atoms with Gasteiger partial charge in [0.05, 0.1) is 0 Å². The number of carbonyl (C=O) groups is 1. The summed E-state index contributed by atoms with van der Waals surface area (Å²) in [5.74, 6) is 0.297. The fourth-order valence-corrected chi connectivity index (χ4v) is 3.36. The first-order chi connectivity index (χ1) is 12.6. The zero-order chi connectivity index (χ0) is 18.4. The van der Waals surface area contributed by atoms with Crippen molar-refractivity contribution in [2.45, 2.75) is 44.8 Å². The molecule has 0 spiro atoms.